The average molecular weight is 606 g/mol. The lowest BCUT2D eigenvalue weighted by molar-refractivity contribution is -0.117. The Kier molecular flexibility index (Phi) is 7.92. The molecule has 188 valence electrons. The van der Waals surface area contributed by atoms with E-state index in [1.54, 1.807) is 24.3 Å². The summed E-state index contributed by atoms with van der Waals surface area (Å²) in [5.41, 5.74) is 3.58. The van der Waals surface area contributed by atoms with E-state index in [-0.39, 0.29) is 25.7 Å². The van der Waals surface area contributed by atoms with Gasteiger partial charge in [-0.25, -0.2) is 0 Å². The molecule has 1 aliphatic carbocycles. The van der Waals surface area contributed by atoms with Gasteiger partial charge < -0.3 is 16.0 Å². The van der Waals surface area contributed by atoms with Crippen LogP contribution in [0.15, 0.2) is 48.5 Å². The van der Waals surface area contributed by atoms with Crippen LogP contribution in [0.2, 0.25) is 20.1 Å². The van der Waals surface area contributed by atoms with Crippen LogP contribution in [-0.4, -0.2) is 23.2 Å². The van der Waals surface area contributed by atoms with E-state index in [0.29, 0.717) is 16.9 Å². The Labute approximate surface area is 238 Å². The third kappa shape index (κ3) is 5.38. The Morgan fingerprint density at radius 3 is 2.08 bits per heavy atom. The Balaban J connectivity index is 1.51. The first-order valence-corrected chi connectivity index (χ1v) is 12.9. The fourth-order valence-electron chi connectivity index (χ4n) is 3.97. The number of nitrogens with one attached hydrogen (secondary N) is 3. The molecule has 3 aromatic rings. The summed E-state index contributed by atoms with van der Waals surface area (Å²) in [6.45, 7) is 1.88. The van der Waals surface area contributed by atoms with Gasteiger partial charge in [-0.3, -0.25) is 9.59 Å². The van der Waals surface area contributed by atoms with Gasteiger partial charge in [0.25, 0.3) is 5.91 Å². The molecule has 3 N–H and O–H groups in total. The SMILES string of the molecule is CNc1ccc(NC(=O)c2cc(NC(=O)[C@H]3[C@H](c4cc(Cl)c(Cl)c(Cl)c4)C3(Cl)Cl)ccc2Cl)c(C)c1. The van der Waals surface area contributed by atoms with Crippen LogP contribution in [0.4, 0.5) is 17.1 Å². The van der Waals surface area contributed by atoms with Crippen LogP contribution in [-0.2, 0) is 4.79 Å². The number of hydrogen-bond acceptors (Lipinski definition) is 3. The summed E-state index contributed by atoms with van der Waals surface area (Å²) in [6, 6.07) is 13.3. The number of halogens is 6. The van der Waals surface area contributed by atoms with Crippen molar-refractivity contribution in [2.24, 2.45) is 5.92 Å². The van der Waals surface area contributed by atoms with Crippen molar-refractivity contribution in [2.75, 3.05) is 23.0 Å². The second-order valence-corrected chi connectivity index (χ2v) is 11.4. The number of carbonyl (C=O) groups is 2. The van der Waals surface area contributed by atoms with E-state index in [2.05, 4.69) is 16.0 Å². The van der Waals surface area contributed by atoms with E-state index >= 15 is 0 Å². The second-order valence-electron chi connectivity index (χ2n) is 8.35. The van der Waals surface area contributed by atoms with E-state index in [4.69, 9.17) is 69.6 Å². The molecule has 0 radical (unpaired) electrons. The van der Waals surface area contributed by atoms with Crippen molar-refractivity contribution in [3.8, 4) is 0 Å². The fourth-order valence-corrected chi connectivity index (χ4v) is 5.61. The van der Waals surface area contributed by atoms with Crippen LogP contribution >= 0.6 is 69.6 Å². The van der Waals surface area contributed by atoms with Gasteiger partial charge in [0.05, 0.1) is 31.6 Å². The number of amides is 2. The normalized spacial score (nSPS) is 17.9. The summed E-state index contributed by atoms with van der Waals surface area (Å²) >= 11 is 37.5. The number of carbonyl (C=O) groups excluding carboxylic acids is 2. The van der Waals surface area contributed by atoms with Crippen LogP contribution in [0, 0.1) is 12.8 Å². The molecule has 11 heteroatoms. The average Bonchev–Trinajstić information content (AvgIpc) is 3.41. The lowest BCUT2D eigenvalue weighted by Gasteiger charge is -2.12. The highest BCUT2D eigenvalue weighted by Gasteiger charge is 2.67. The number of hydrogen-bond donors (Lipinski definition) is 3. The predicted molar refractivity (Wildman–Crippen MR) is 151 cm³/mol. The van der Waals surface area contributed by atoms with Gasteiger partial charge in [0.2, 0.25) is 5.91 Å². The fraction of sp³-hybridized carbons (Fsp3) is 0.200. The molecule has 0 unspecified atom stereocenters. The van der Waals surface area contributed by atoms with Gasteiger partial charge in [0.15, 0.2) is 0 Å². The predicted octanol–water partition coefficient (Wildman–Crippen LogP) is 8.43. The van der Waals surface area contributed by atoms with Crippen LogP contribution in [0.25, 0.3) is 0 Å². The summed E-state index contributed by atoms with van der Waals surface area (Å²) < 4.78 is -1.37. The number of anilines is 3. The molecular weight excluding hydrogens is 587 g/mol. The standard InChI is InChI=1S/C25H19Cl6N3O2/c1-11-7-13(32-2)4-6-19(11)34-23(35)15-10-14(3-5-16(15)26)33-24(36)21-20(25(21,30)31)12-8-17(27)22(29)18(28)9-12/h3-10,20-21,32H,1-2H3,(H,33,36)(H,34,35)/t20-,21+/m0/s1. The number of aryl methyl sites for hydroxylation is 1. The summed E-state index contributed by atoms with van der Waals surface area (Å²) in [5, 5.41) is 9.57. The van der Waals surface area contributed by atoms with Crippen molar-refractivity contribution in [3.05, 3.63) is 85.3 Å². The molecule has 0 saturated heterocycles. The zero-order chi connectivity index (χ0) is 26.4. The van der Waals surface area contributed by atoms with E-state index < -0.39 is 28.0 Å². The maximum absolute atomic E-state index is 13.1. The van der Waals surface area contributed by atoms with E-state index in [0.717, 1.165) is 11.3 Å². The topological polar surface area (TPSA) is 70.2 Å². The Bertz CT molecular complexity index is 1350. The van der Waals surface area contributed by atoms with E-state index in [9.17, 15) is 9.59 Å². The number of rotatable bonds is 6. The van der Waals surface area contributed by atoms with Crippen molar-refractivity contribution in [1.82, 2.24) is 0 Å². The van der Waals surface area contributed by atoms with E-state index in [1.807, 2.05) is 26.1 Å². The summed E-state index contributed by atoms with van der Waals surface area (Å²) in [6.07, 6.45) is 0. The van der Waals surface area contributed by atoms with Crippen molar-refractivity contribution < 1.29 is 9.59 Å². The Morgan fingerprint density at radius 1 is 0.833 bits per heavy atom. The minimum Gasteiger partial charge on any atom is -0.388 e. The molecule has 2 atom stereocenters. The smallest absolute Gasteiger partial charge is 0.257 e. The highest BCUT2D eigenvalue weighted by molar-refractivity contribution is 6.54. The van der Waals surface area contributed by atoms with Gasteiger partial charge in [-0.05, 0) is 66.6 Å². The molecule has 1 fully saturated rings. The first-order chi connectivity index (χ1) is 16.9. The summed E-state index contributed by atoms with van der Waals surface area (Å²) in [5.74, 6) is -2.18. The van der Waals surface area contributed by atoms with Crippen LogP contribution < -0.4 is 16.0 Å². The first-order valence-electron chi connectivity index (χ1n) is 10.7. The second kappa shape index (κ2) is 10.5. The third-order valence-corrected chi connectivity index (χ3v) is 8.41. The third-order valence-electron chi connectivity index (χ3n) is 5.94. The zero-order valence-corrected chi connectivity index (χ0v) is 23.4. The van der Waals surface area contributed by atoms with Gasteiger partial charge in [-0.2, -0.15) is 0 Å². The molecule has 3 aromatic carbocycles. The largest absolute Gasteiger partial charge is 0.388 e. The Hall–Kier alpha value is -1.86. The van der Waals surface area contributed by atoms with Crippen LogP contribution in [0.3, 0.4) is 0 Å². The molecular formula is C25H19Cl6N3O2. The first kappa shape index (κ1) is 27.2. The lowest BCUT2D eigenvalue weighted by Crippen LogP contribution is -2.18. The van der Waals surface area contributed by atoms with Crippen LogP contribution in [0.5, 0.6) is 0 Å². The monoisotopic (exact) mass is 603 g/mol. The minimum atomic E-state index is -1.37. The highest BCUT2D eigenvalue weighted by atomic mass is 35.5. The number of benzene rings is 3. The molecule has 36 heavy (non-hydrogen) atoms. The molecule has 0 heterocycles. The van der Waals surface area contributed by atoms with Gasteiger partial charge in [-0.15, -0.1) is 23.2 Å². The molecule has 1 aliphatic rings. The highest BCUT2D eigenvalue weighted by Crippen LogP contribution is 2.65. The van der Waals surface area contributed by atoms with Gasteiger partial charge in [0, 0.05) is 30.0 Å². The maximum atomic E-state index is 13.1. The molecule has 5 nitrogen and oxygen atoms in total. The lowest BCUT2D eigenvalue weighted by atomic mass is 10.1. The quantitative estimate of drug-likeness (QED) is 0.195. The molecule has 0 bridgehead atoms. The molecule has 0 aromatic heterocycles. The van der Waals surface area contributed by atoms with E-state index in [1.165, 1.54) is 12.1 Å². The van der Waals surface area contributed by atoms with Gasteiger partial charge in [-0.1, -0.05) is 46.4 Å². The molecule has 0 spiro atoms. The molecule has 4 rings (SSSR count). The van der Waals surface area contributed by atoms with Crippen molar-refractivity contribution >= 4 is 98.5 Å². The molecule has 1 saturated carbocycles. The van der Waals surface area contributed by atoms with Crippen LogP contribution in [0.1, 0.15) is 27.4 Å². The van der Waals surface area contributed by atoms with Crippen molar-refractivity contribution in [1.29, 1.82) is 0 Å². The van der Waals surface area contributed by atoms with Gasteiger partial charge in [0.1, 0.15) is 4.33 Å². The number of alkyl halides is 2. The van der Waals surface area contributed by atoms with Gasteiger partial charge >= 0.3 is 0 Å². The molecule has 2 amide bonds. The summed E-state index contributed by atoms with van der Waals surface area (Å²) in [4.78, 5) is 26.0. The maximum Gasteiger partial charge on any atom is 0.257 e. The van der Waals surface area contributed by atoms with Crippen molar-refractivity contribution in [2.45, 2.75) is 17.2 Å². The van der Waals surface area contributed by atoms with Crippen molar-refractivity contribution in [3.63, 3.8) is 0 Å². The Morgan fingerprint density at radius 2 is 1.47 bits per heavy atom. The minimum absolute atomic E-state index is 0.193. The molecule has 0 aliphatic heterocycles. The zero-order valence-electron chi connectivity index (χ0n) is 18.9. The summed E-state index contributed by atoms with van der Waals surface area (Å²) in [7, 11) is 1.81.